The maximum atomic E-state index is 6.04. The number of rotatable bonds is 4. The molecular formula is C16H25N3O. The Labute approximate surface area is 121 Å². The largest absolute Gasteiger partial charge is 0.492 e. The van der Waals surface area contributed by atoms with Crippen LogP contribution in [0.2, 0.25) is 0 Å². The van der Waals surface area contributed by atoms with Gasteiger partial charge in [0.05, 0.1) is 6.54 Å². The monoisotopic (exact) mass is 275 g/mol. The van der Waals surface area contributed by atoms with Crippen molar-refractivity contribution in [1.82, 2.24) is 4.90 Å². The average Bonchev–Trinajstić information content (AvgIpc) is 2.72. The molecule has 1 aliphatic heterocycles. The van der Waals surface area contributed by atoms with Gasteiger partial charge in [0.2, 0.25) is 0 Å². The van der Waals surface area contributed by atoms with Crippen LogP contribution in [0.15, 0.2) is 29.3 Å². The fourth-order valence-corrected chi connectivity index (χ4v) is 2.43. The van der Waals surface area contributed by atoms with Crippen LogP contribution in [-0.2, 0) is 0 Å². The first-order valence-corrected chi connectivity index (χ1v) is 7.50. The zero-order chi connectivity index (χ0) is 14.2. The Hall–Kier alpha value is -1.71. The van der Waals surface area contributed by atoms with E-state index in [2.05, 4.69) is 22.9 Å². The van der Waals surface area contributed by atoms with Gasteiger partial charge in [0.25, 0.3) is 0 Å². The van der Waals surface area contributed by atoms with Crippen LogP contribution in [-0.4, -0.2) is 37.1 Å². The molecule has 1 aliphatic rings. The van der Waals surface area contributed by atoms with Crippen LogP contribution < -0.4 is 10.5 Å². The Morgan fingerprint density at radius 3 is 2.70 bits per heavy atom. The molecule has 0 atom stereocenters. The number of nitrogens with zero attached hydrogens (tertiary/aromatic N) is 2. The second-order valence-corrected chi connectivity index (χ2v) is 5.31. The minimum atomic E-state index is 0.567. The zero-order valence-electron chi connectivity index (χ0n) is 12.3. The van der Waals surface area contributed by atoms with E-state index >= 15 is 0 Å². The molecule has 0 aromatic heterocycles. The van der Waals surface area contributed by atoms with Crippen molar-refractivity contribution in [1.29, 1.82) is 0 Å². The van der Waals surface area contributed by atoms with Crippen LogP contribution in [0.3, 0.4) is 0 Å². The van der Waals surface area contributed by atoms with Crippen LogP contribution in [0, 0.1) is 6.92 Å². The molecule has 1 aromatic carbocycles. The van der Waals surface area contributed by atoms with Gasteiger partial charge in [-0.2, -0.15) is 0 Å². The fourth-order valence-electron chi connectivity index (χ4n) is 2.43. The summed E-state index contributed by atoms with van der Waals surface area (Å²) < 4.78 is 5.67. The predicted molar refractivity (Wildman–Crippen MR) is 83.2 cm³/mol. The minimum absolute atomic E-state index is 0.567. The molecule has 2 N–H and O–H groups in total. The molecular weight excluding hydrogens is 250 g/mol. The van der Waals surface area contributed by atoms with Gasteiger partial charge in [-0.3, -0.25) is 0 Å². The summed E-state index contributed by atoms with van der Waals surface area (Å²) in [6, 6.07) is 8.05. The van der Waals surface area contributed by atoms with E-state index in [0.29, 0.717) is 19.1 Å². The molecule has 0 radical (unpaired) electrons. The van der Waals surface area contributed by atoms with Crippen LogP contribution in [0.25, 0.3) is 0 Å². The van der Waals surface area contributed by atoms with E-state index in [-0.39, 0.29) is 0 Å². The quantitative estimate of drug-likeness (QED) is 0.522. The summed E-state index contributed by atoms with van der Waals surface area (Å²) in [7, 11) is 0. The van der Waals surface area contributed by atoms with Gasteiger partial charge >= 0.3 is 0 Å². The molecule has 0 unspecified atom stereocenters. The lowest BCUT2D eigenvalue weighted by Crippen LogP contribution is -2.38. The average molecular weight is 275 g/mol. The van der Waals surface area contributed by atoms with E-state index in [1.807, 2.05) is 18.2 Å². The molecule has 0 saturated carbocycles. The number of guanidine groups is 1. The lowest BCUT2D eigenvalue weighted by molar-refractivity contribution is 0.327. The third kappa shape index (κ3) is 4.76. The maximum absolute atomic E-state index is 6.04. The van der Waals surface area contributed by atoms with Crippen LogP contribution >= 0.6 is 0 Å². The predicted octanol–water partition coefficient (Wildman–Crippen LogP) is 2.56. The van der Waals surface area contributed by atoms with E-state index in [0.717, 1.165) is 18.8 Å². The molecule has 0 amide bonds. The normalized spacial score (nSPS) is 16.9. The molecule has 1 heterocycles. The summed E-state index contributed by atoms with van der Waals surface area (Å²) in [5.74, 6) is 1.56. The molecule has 1 saturated heterocycles. The summed E-state index contributed by atoms with van der Waals surface area (Å²) in [4.78, 5) is 6.62. The molecule has 4 nitrogen and oxygen atoms in total. The Morgan fingerprint density at radius 2 is 2.00 bits per heavy atom. The maximum Gasteiger partial charge on any atom is 0.191 e. The van der Waals surface area contributed by atoms with Crippen LogP contribution in [0.4, 0.5) is 0 Å². The number of likely N-dealkylation sites (tertiary alicyclic amines) is 1. The lowest BCUT2D eigenvalue weighted by Gasteiger charge is -2.21. The summed E-state index contributed by atoms with van der Waals surface area (Å²) in [5.41, 5.74) is 7.25. The zero-order valence-corrected chi connectivity index (χ0v) is 12.3. The topological polar surface area (TPSA) is 50.9 Å². The van der Waals surface area contributed by atoms with Gasteiger partial charge in [0.15, 0.2) is 5.96 Å². The van der Waals surface area contributed by atoms with Gasteiger partial charge in [-0.15, -0.1) is 0 Å². The van der Waals surface area contributed by atoms with Crippen molar-refractivity contribution < 1.29 is 4.74 Å². The Bertz CT molecular complexity index is 437. The summed E-state index contributed by atoms with van der Waals surface area (Å²) in [6.45, 7) is 5.30. The highest BCUT2D eigenvalue weighted by Crippen LogP contribution is 2.12. The van der Waals surface area contributed by atoms with Crippen molar-refractivity contribution in [2.24, 2.45) is 10.7 Å². The molecule has 0 bridgehead atoms. The first-order valence-electron chi connectivity index (χ1n) is 7.50. The number of aryl methyl sites for hydroxylation is 1. The highest BCUT2D eigenvalue weighted by atomic mass is 16.5. The van der Waals surface area contributed by atoms with E-state index < -0.39 is 0 Å². The molecule has 1 aromatic rings. The lowest BCUT2D eigenvalue weighted by atomic mass is 10.2. The number of benzene rings is 1. The van der Waals surface area contributed by atoms with Gasteiger partial charge in [-0.1, -0.05) is 25.0 Å². The second-order valence-electron chi connectivity index (χ2n) is 5.31. The Balaban J connectivity index is 1.74. The summed E-state index contributed by atoms with van der Waals surface area (Å²) >= 11 is 0. The molecule has 1 fully saturated rings. The van der Waals surface area contributed by atoms with Gasteiger partial charge in [0, 0.05) is 13.1 Å². The highest BCUT2D eigenvalue weighted by molar-refractivity contribution is 5.78. The van der Waals surface area contributed by atoms with E-state index in [1.54, 1.807) is 0 Å². The smallest absolute Gasteiger partial charge is 0.191 e. The molecule has 0 spiro atoms. The number of aliphatic imine (C=N–C) groups is 1. The number of hydrogen-bond donors (Lipinski definition) is 1. The van der Waals surface area contributed by atoms with Crippen LogP contribution in [0.5, 0.6) is 5.75 Å². The SMILES string of the molecule is Cc1cccc(OCCN=C(N)N2CCCCCC2)c1. The molecule has 2 rings (SSSR count). The van der Waals surface area contributed by atoms with Crippen molar-refractivity contribution in [2.75, 3.05) is 26.2 Å². The number of hydrogen-bond acceptors (Lipinski definition) is 2. The van der Waals surface area contributed by atoms with Crippen molar-refractivity contribution in [3.05, 3.63) is 29.8 Å². The van der Waals surface area contributed by atoms with Crippen molar-refractivity contribution in [2.45, 2.75) is 32.6 Å². The molecule has 0 aliphatic carbocycles. The van der Waals surface area contributed by atoms with E-state index in [4.69, 9.17) is 10.5 Å². The van der Waals surface area contributed by atoms with Gasteiger partial charge in [0.1, 0.15) is 12.4 Å². The second kappa shape index (κ2) is 7.78. The van der Waals surface area contributed by atoms with Crippen molar-refractivity contribution >= 4 is 5.96 Å². The van der Waals surface area contributed by atoms with Crippen molar-refractivity contribution in [3.63, 3.8) is 0 Å². The van der Waals surface area contributed by atoms with E-state index in [9.17, 15) is 0 Å². The Morgan fingerprint density at radius 1 is 1.25 bits per heavy atom. The molecule has 110 valence electrons. The minimum Gasteiger partial charge on any atom is -0.492 e. The third-order valence-corrected chi connectivity index (χ3v) is 3.55. The first-order chi connectivity index (χ1) is 9.75. The highest BCUT2D eigenvalue weighted by Gasteiger charge is 2.10. The summed E-state index contributed by atoms with van der Waals surface area (Å²) in [5, 5.41) is 0. The van der Waals surface area contributed by atoms with Gasteiger partial charge in [-0.25, -0.2) is 4.99 Å². The van der Waals surface area contributed by atoms with Crippen molar-refractivity contribution in [3.8, 4) is 5.75 Å². The summed E-state index contributed by atoms with van der Waals surface area (Å²) in [6.07, 6.45) is 5.05. The first kappa shape index (κ1) is 14.7. The Kier molecular flexibility index (Phi) is 5.71. The number of nitrogens with two attached hydrogens (primary N) is 1. The van der Waals surface area contributed by atoms with Gasteiger partial charge < -0.3 is 15.4 Å². The molecule has 20 heavy (non-hydrogen) atoms. The molecule has 4 heteroatoms. The third-order valence-electron chi connectivity index (χ3n) is 3.55. The standard InChI is InChI=1S/C16H25N3O/c1-14-7-6-8-15(13-14)20-12-9-18-16(17)19-10-4-2-3-5-11-19/h6-8,13H,2-5,9-12H2,1H3,(H2,17,18). The number of ether oxygens (including phenoxy) is 1. The van der Waals surface area contributed by atoms with Gasteiger partial charge in [-0.05, 0) is 37.5 Å². The fraction of sp³-hybridized carbons (Fsp3) is 0.562. The van der Waals surface area contributed by atoms with Crippen LogP contribution in [0.1, 0.15) is 31.2 Å². The van der Waals surface area contributed by atoms with E-state index in [1.165, 1.54) is 31.2 Å².